The maximum atomic E-state index is 12.5. The average Bonchev–Trinajstić information content (AvgIpc) is 3.15. The predicted octanol–water partition coefficient (Wildman–Crippen LogP) is 0.951. The van der Waals surface area contributed by atoms with Crippen LogP contribution in [-0.4, -0.2) is 73.8 Å². The number of nitrogens with two attached hydrogens (primary N) is 1. The number of thioether (sulfide) groups is 1. The third-order valence-corrected chi connectivity index (χ3v) is 6.55. The maximum Gasteiger partial charge on any atom is 0.352 e. The van der Waals surface area contributed by atoms with Crippen molar-refractivity contribution in [2.75, 3.05) is 18.6 Å². The highest BCUT2D eigenvalue weighted by Crippen LogP contribution is 2.40. The predicted molar refractivity (Wildman–Crippen MR) is 123 cm³/mol. The molecule has 2 aliphatic rings. The van der Waals surface area contributed by atoms with Gasteiger partial charge in [-0.3, -0.25) is 19.3 Å². The van der Waals surface area contributed by atoms with Crippen molar-refractivity contribution < 1.29 is 34.2 Å². The van der Waals surface area contributed by atoms with E-state index in [1.807, 2.05) is 0 Å². The number of nitrogen functional groups attached to an aromatic ring is 1. The quantitative estimate of drug-likeness (QED) is 0.258. The third-order valence-electron chi connectivity index (χ3n) is 4.45. The highest BCUT2D eigenvalue weighted by atomic mass is 32.2. The fourth-order valence-electron chi connectivity index (χ4n) is 2.68. The molecule has 2 atom stereocenters. The summed E-state index contributed by atoms with van der Waals surface area (Å²) in [6, 6.07) is -0.854. The van der Waals surface area contributed by atoms with Crippen LogP contribution in [0.3, 0.4) is 0 Å². The highest BCUT2D eigenvalue weighted by Gasteiger charge is 2.54. The van der Waals surface area contributed by atoms with Crippen molar-refractivity contribution in [2.24, 2.45) is 10.6 Å². The van der Waals surface area contributed by atoms with Crippen LogP contribution in [0, 0.1) is 5.41 Å². The Bertz CT molecular complexity index is 1030. The van der Waals surface area contributed by atoms with Crippen molar-refractivity contribution in [1.82, 2.24) is 15.2 Å². The number of rotatable bonds is 5. The molecule has 1 fully saturated rings. The number of β-lactam (4-membered cyclic amide) rings is 1. The second-order valence-corrected chi connectivity index (χ2v) is 10.0. The van der Waals surface area contributed by atoms with E-state index in [-0.39, 0.29) is 22.2 Å². The molecule has 2 unspecified atom stereocenters. The molecule has 1 aromatic heterocycles. The van der Waals surface area contributed by atoms with Crippen LogP contribution in [0.2, 0.25) is 0 Å². The van der Waals surface area contributed by atoms with Gasteiger partial charge in [0.1, 0.15) is 29.9 Å². The van der Waals surface area contributed by atoms with Gasteiger partial charge in [0.15, 0.2) is 10.8 Å². The molecular weight excluding hydrogens is 474 g/mol. The van der Waals surface area contributed by atoms with Crippen LogP contribution in [0.5, 0.6) is 0 Å². The van der Waals surface area contributed by atoms with Gasteiger partial charge in [0.05, 0.1) is 5.41 Å². The zero-order valence-electron chi connectivity index (χ0n) is 18.6. The van der Waals surface area contributed by atoms with E-state index in [1.54, 1.807) is 33.1 Å². The number of carboxylic acid groups (broad SMARTS) is 2. The first-order chi connectivity index (χ1) is 15.3. The van der Waals surface area contributed by atoms with E-state index in [9.17, 15) is 24.3 Å². The summed E-state index contributed by atoms with van der Waals surface area (Å²) in [7, 11) is 1.28. The van der Waals surface area contributed by atoms with Crippen molar-refractivity contribution >= 4 is 57.7 Å². The maximum absolute atomic E-state index is 12.5. The third kappa shape index (κ3) is 5.82. The molecule has 1 aromatic rings. The Labute approximate surface area is 197 Å². The number of aromatic nitrogens is 1. The smallest absolute Gasteiger partial charge is 0.352 e. The van der Waals surface area contributed by atoms with Gasteiger partial charge in [-0.15, -0.1) is 23.1 Å². The SMILES string of the molecule is CC(C)(C)C(=O)O.CO/N=C(\C(=O)NC1C(=O)N2C(C(=O)O)=C(C)CSC12)c1csc(N)n1. The molecule has 2 aliphatic heterocycles. The molecule has 180 valence electrons. The van der Waals surface area contributed by atoms with E-state index >= 15 is 0 Å². The number of carboxylic acids is 2. The first kappa shape index (κ1) is 26.1. The zero-order valence-corrected chi connectivity index (χ0v) is 20.2. The fraction of sp³-hybridized carbons (Fsp3) is 0.474. The molecule has 14 heteroatoms. The Morgan fingerprint density at radius 2 is 1.94 bits per heavy atom. The molecule has 3 heterocycles. The molecular formula is C19H25N5O7S2. The number of carbonyl (C=O) groups is 4. The molecule has 1 saturated heterocycles. The summed E-state index contributed by atoms with van der Waals surface area (Å²) in [6.45, 7) is 6.65. The van der Waals surface area contributed by atoms with Gasteiger partial charge in [-0.05, 0) is 33.3 Å². The first-order valence-corrected chi connectivity index (χ1v) is 11.5. The van der Waals surface area contributed by atoms with Gasteiger partial charge in [-0.1, -0.05) is 5.16 Å². The molecule has 0 aromatic carbocycles. The number of nitrogens with zero attached hydrogens (tertiary/aromatic N) is 3. The van der Waals surface area contributed by atoms with E-state index in [0.29, 0.717) is 11.3 Å². The number of amides is 2. The van der Waals surface area contributed by atoms with Crippen molar-refractivity contribution in [3.05, 3.63) is 22.3 Å². The largest absolute Gasteiger partial charge is 0.481 e. The normalized spacial score (nSPS) is 20.2. The summed E-state index contributed by atoms with van der Waals surface area (Å²) in [5, 5.41) is 25.1. The number of hydrogen-bond donors (Lipinski definition) is 4. The molecule has 5 N–H and O–H groups in total. The van der Waals surface area contributed by atoms with Gasteiger partial charge in [0, 0.05) is 11.1 Å². The van der Waals surface area contributed by atoms with Gasteiger partial charge in [0.2, 0.25) is 0 Å². The number of fused-ring (bicyclic) bond motifs is 1. The highest BCUT2D eigenvalue weighted by molar-refractivity contribution is 8.00. The average molecular weight is 500 g/mol. The summed E-state index contributed by atoms with van der Waals surface area (Å²) in [6.07, 6.45) is 0. The molecule has 0 bridgehead atoms. The molecule has 0 aliphatic carbocycles. The minimum absolute atomic E-state index is 0.0256. The lowest BCUT2D eigenvalue weighted by atomic mass is 9.98. The Hall–Kier alpha value is -3.13. The van der Waals surface area contributed by atoms with Crippen LogP contribution in [0.15, 0.2) is 21.8 Å². The second-order valence-electron chi connectivity index (χ2n) is 8.04. The van der Waals surface area contributed by atoms with E-state index in [1.165, 1.54) is 23.8 Å². The summed E-state index contributed by atoms with van der Waals surface area (Å²) in [4.78, 5) is 56.2. The molecule has 0 saturated carbocycles. The molecule has 0 spiro atoms. The van der Waals surface area contributed by atoms with Crippen LogP contribution in [0.1, 0.15) is 33.4 Å². The molecule has 0 radical (unpaired) electrons. The van der Waals surface area contributed by atoms with E-state index in [2.05, 4.69) is 20.3 Å². The lowest BCUT2D eigenvalue weighted by Crippen LogP contribution is -2.71. The van der Waals surface area contributed by atoms with Crippen LogP contribution in [0.4, 0.5) is 5.13 Å². The van der Waals surface area contributed by atoms with Crippen LogP contribution < -0.4 is 11.1 Å². The summed E-state index contributed by atoms with van der Waals surface area (Å²) < 4.78 is 0. The minimum Gasteiger partial charge on any atom is -0.481 e. The Kier molecular flexibility index (Phi) is 8.08. The summed E-state index contributed by atoms with van der Waals surface area (Å²) in [5.74, 6) is -2.59. The van der Waals surface area contributed by atoms with Crippen molar-refractivity contribution in [3.8, 4) is 0 Å². The topological polar surface area (TPSA) is 185 Å². The number of aliphatic carboxylic acids is 2. The molecule has 3 rings (SSSR count). The summed E-state index contributed by atoms with van der Waals surface area (Å²) in [5.41, 5.74) is 5.69. The van der Waals surface area contributed by atoms with Crippen LogP contribution in [0.25, 0.3) is 0 Å². The number of thiazole rings is 1. The number of oxime groups is 1. The number of nitrogens with one attached hydrogen (secondary N) is 1. The fourth-order valence-corrected chi connectivity index (χ4v) is 4.52. The van der Waals surface area contributed by atoms with Gasteiger partial charge in [-0.25, -0.2) is 9.78 Å². The number of anilines is 1. The minimum atomic E-state index is -1.16. The van der Waals surface area contributed by atoms with Crippen molar-refractivity contribution in [2.45, 2.75) is 39.1 Å². The molecule has 2 amide bonds. The van der Waals surface area contributed by atoms with Crippen molar-refractivity contribution in [1.29, 1.82) is 0 Å². The number of hydrogen-bond acceptors (Lipinski definition) is 10. The Morgan fingerprint density at radius 3 is 2.39 bits per heavy atom. The van der Waals surface area contributed by atoms with Gasteiger partial charge >= 0.3 is 11.9 Å². The van der Waals surface area contributed by atoms with Crippen molar-refractivity contribution in [3.63, 3.8) is 0 Å². The number of carbonyl (C=O) groups excluding carboxylic acids is 2. The zero-order chi connectivity index (χ0) is 25.1. The summed E-state index contributed by atoms with van der Waals surface area (Å²) >= 11 is 2.52. The van der Waals surface area contributed by atoms with Gasteiger partial charge < -0.3 is 26.1 Å². The van der Waals surface area contributed by atoms with E-state index < -0.39 is 40.6 Å². The lowest BCUT2D eigenvalue weighted by Gasteiger charge is -2.49. The first-order valence-electron chi connectivity index (χ1n) is 9.54. The Morgan fingerprint density at radius 1 is 1.33 bits per heavy atom. The van der Waals surface area contributed by atoms with Crippen LogP contribution >= 0.6 is 23.1 Å². The lowest BCUT2D eigenvalue weighted by molar-refractivity contribution is -0.150. The molecule has 33 heavy (non-hydrogen) atoms. The van der Waals surface area contributed by atoms with E-state index in [0.717, 1.165) is 11.3 Å². The van der Waals surface area contributed by atoms with Crippen LogP contribution in [-0.2, 0) is 24.0 Å². The van der Waals surface area contributed by atoms with Gasteiger partial charge in [0.25, 0.3) is 11.8 Å². The van der Waals surface area contributed by atoms with Gasteiger partial charge in [-0.2, -0.15) is 0 Å². The standard InChI is InChI=1S/C14H15N5O5S2.C5H10O2/c1-5-3-25-12-8(11(21)19(12)9(5)13(22)23)17-10(20)7(18-24-2)6-4-26-14(15)16-6;1-5(2,3)4(6)7/h4,8,12H,3H2,1-2H3,(H2,15,16)(H,17,20)(H,22,23);1-3H3,(H,6,7)/b18-7-;. The monoisotopic (exact) mass is 499 g/mol. The van der Waals surface area contributed by atoms with E-state index in [4.69, 9.17) is 10.8 Å². The molecule has 12 nitrogen and oxygen atoms in total. The second kappa shape index (κ2) is 10.2. The Balaban J connectivity index is 0.000000479.